The fourth-order valence-electron chi connectivity index (χ4n) is 3.28. The molecule has 0 radical (unpaired) electrons. The Bertz CT molecular complexity index is 684. The van der Waals surface area contributed by atoms with Crippen molar-refractivity contribution in [3.05, 3.63) is 42.0 Å². The molecule has 0 spiro atoms. The summed E-state index contributed by atoms with van der Waals surface area (Å²) in [6.07, 6.45) is 10.9. The van der Waals surface area contributed by atoms with E-state index in [-0.39, 0.29) is 17.8 Å². The van der Waals surface area contributed by atoms with E-state index in [1.165, 1.54) is 69.2 Å². The lowest BCUT2D eigenvalue weighted by molar-refractivity contribution is -0.170. The predicted octanol–water partition coefficient (Wildman–Crippen LogP) is 7.15. The third-order valence-corrected chi connectivity index (χ3v) is 5.06. The van der Waals surface area contributed by atoms with Gasteiger partial charge in [-0.05, 0) is 49.9 Å². The number of unbranched alkanes of at least 4 members (excludes halogenated alkanes) is 9. The fraction of sp³-hybridized carbons (Fsp3) is 0.583. The summed E-state index contributed by atoms with van der Waals surface area (Å²) < 4.78 is 38.9. The number of carboxylic acid groups (broad SMARTS) is 1. The van der Waals surface area contributed by atoms with Crippen LogP contribution in [0.3, 0.4) is 0 Å². The molecule has 1 aromatic carbocycles. The van der Waals surface area contributed by atoms with Crippen molar-refractivity contribution in [1.29, 1.82) is 0 Å². The van der Waals surface area contributed by atoms with Crippen molar-refractivity contribution >= 4 is 17.6 Å². The Balaban J connectivity index is 2.40. The molecular weight excluding hydrogens is 407 g/mol. The van der Waals surface area contributed by atoms with Gasteiger partial charge in [0.05, 0.1) is 5.56 Å². The molecule has 0 saturated carbocycles. The molecule has 0 bridgehead atoms. The van der Waals surface area contributed by atoms with Crippen LogP contribution in [0.2, 0.25) is 0 Å². The first kappa shape index (κ1) is 26.7. The van der Waals surface area contributed by atoms with Crippen LogP contribution in [-0.2, 0) is 4.79 Å². The number of halogens is 3. The lowest BCUT2D eigenvalue weighted by Gasteiger charge is -2.23. The maximum atomic E-state index is 13.0. The number of hydrogen-bond donors (Lipinski definition) is 1. The number of aromatic carboxylic acids is 1. The molecule has 174 valence electrons. The third kappa shape index (κ3) is 11.0. The zero-order valence-corrected chi connectivity index (χ0v) is 18.3. The minimum Gasteiger partial charge on any atom is -0.478 e. The molecule has 0 aromatic heterocycles. The lowest BCUT2D eigenvalue weighted by atomic mass is 10.1. The van der Waals surface area contributed by atoms with Gasteiger partial charge in [-0.1, -0.05) is 64.0 Å². The number of benzene rings is 1. The van der Waals surface area contributed by atoms with Crippen LogP contribution in [0.4, 0.5) is 18.9 Å². The Morgan fingerprint density at radius 2 is 1.39 bits per heavy atom. The molecule has 1 rings (SSSR count). The highest BCUT2D eigenvalue weighted by Gasteiger charge is 2.42. The van der Waals surface area contributed by atoms with Crippen LogP contribution in [0.5, 0.6) is 0 Å². The van der Waals surface area contributed by atoms with Gasteiger partial charge in [-0.25, -0.2) is 4.79 Å². The molecule has 0 atom stereocenters. The van der Waals surface area contributed by atoms with Gasteiger partial charge in [-0.3, -0.25) is 4.79 Å². The zero-order chi connectivity index (χ0) is 23.1. The van der Waals surface area contributed by atoms with Crippen molar-refractivity contribution in [3.8, 4) is 0 Å². The molecule has 0 aliphatic carbocycles. The van der Waals surface area contributed by atoms with Gasteiger partial charge in [-0.15, -0.1) is 0 Å². The Morgan fingerprint density at radius 3 is 1.90 bits per heavy atom. The number of hydrogen-bond acceptors (Lipinski definition) is 2. The monoisotopic (exact) mass is 441 g/mol. The summed E-state index contributed by atoms with van der Waals surface area (Å²) in [4.78, 5) is 23.4. The highest BCUT2D eigenvalue weighted by atomic mass is 19.4. The number of allylic oxidation sites excluding steroid dienone is 2. The summed E-state index contributed by atoms with van der Waals surface area (Å²) in [5, 5.41) is 8.92. The quantitative estimate of drug-likeness (QED) is 0.232. The van der Waals surface area contributed by atoms with Gasteiger partial charge in [0.15, 0.2) is 0 Å². The van der Waals surface area contributed by atoms with E-state index in [0.29, 0.717) is 17.7 Å². The standard InChI is InChI=1S/C24H34F3NO3/c1-2-3-4-5-6-7-8-9-10-11-12-13-14-19-28(23(31)24(25,26)27)21-17-15-20(16-18-21)22(29)30/h11-12,15-18H,2-10,13-14,19H2,1H3,(H,29,30). The first-order chi connectivity index (χ1) is 14.8. The third-order valence-electron chi connectivity index (χ3n) is 5.06. The molecule has 0 aliphatic heterocycles. The first-order valence-electron chi connectivity index (χ1n) is 11.1. The molecule has 0 aliphatic rings. The fourth-order valence-corrected chi connectivity index (χ4v) is 3.28. The highest BCUT2D eigenvalue weighted by Crippen LogP contribution is 2.24. The smallest absolute Gasteiger partial charge is 0.471 e. The minimum absolute atomic E-state index is 0.0373. The van der Waals surface area contributed by atoms with E-state index in [1.807, 2.05) is 6.08 Å². The van der Waals surface area contributed by atoms with Gasteiger partial charge in [-0.2, -0.15) is 13.2 Å². The molecule has 4 nitrogen and oxygen atoms in total. The van der Waals surface area contributed by atoms with Crippen molar-refractivity contribution < 1.29 is 27.9 Å². The topological polar surface area (TPSA) is 57.6 Å². The van der Waals surface area contributed by atoms with Crippen molar-refractivity contribution in [3.63, 3.8) is 0 Å². The number of nitrogens with zero attached hydrogens (tertiary/aromatic N) is 1. The van der Waals surface area contributed by atoms with Crippen LogP contribution in [0.25, 0.3) is 0 Å². The zero-order valence-electron chi connectivity index (χ0n) is 18.3. The van der Waals surface area contributed by atoms with Crippen LogP contribution in [0, 0.1) is 0 Å². The number of carboxylic acids is 1. The summed E-state index contributed by atoms with van der Waals surface area (Å²) in [6, 6.07) is 4.84. The molecule has 0 heterocycles. The predicted molar refractivity (Wildman–Crippen MR) is 117 cm³/mol. The minimum atomic E-state index is -4.99. The molecule has 1 N–H and O–H groups in total. The number of carbonyl (C=O) groups is 2. The molecule has 0 unspecified atom stereocenters. The van der Waals surface area contributed by atoms with E-state index in [4.69, 9.17) is 5.11 Å². The van der Waals surface area contributed by atoms with Crippen LogP contribution >= 0.6 is 0 Å². The van der Waals surface area contributed by atoms with E-state index >= 15 is 0 Å². The number of carbonyl (C=O) groups excluding carboxylic acids is 1. The van der Waals surface area contributed by atoms with Crippen LogP contribution in [0.1, 0.15) is 87.9 Å². The van der Waals surface area contributed by atoms with Crippen LogP contribution in [-0.4, -0.2) is 29.7 Å². The normalized spacial score (nSPS) is 11.7. The summed E-state index contributed by atoms with van der Waals surface area (Å²) >= 11 is 0. The highest BCUT2D eigenvalue weighted by molar-refractivity contribution is 5.97. The van der Waals surface area contributed by atoms with Gasteiger partial charge in [0.1, 0.15) is 0 Å². The second-order valence-corrected chi connectivity index (χ2v) is 7.68. The summed E-state index contributed by atoms with van der Waals surface area (Å²) in [5.41, 5.74) is -0.0118. The Morgan fingerprint density at radius 1 is 0.871 bits per heavy atom. The molecule has 7 heteroatoms. The van der Waals surface area contributed by atoms with Gasteiger partial charge >= 0.3 is 18.1 Å². The average molecular weight is 442 g/mol. The van der Waals surface area contributed by atoms with Crippen molar-refractivity contribution in [2.45, 2.75) is 83.7 Å². The maximum Gasteiger partial charge on any atom is 0.471 e. The van der Waals surface area contributed by atoms with Crippen molar-refractivity contribution in [2.75, 3.05) is 11.4 Å². The molecule has 1 amide bonds. The van der Waals surface area contributed by atoms with E-state index in [0.717, 1.165) is 12.8 Å². The average Bonchev–Trinajstić information content (AvgIpc) is 2.73. The molecule has 31 heavy (non-hydrogen) atoms. The SMILES string of the molecule is CCCCCCCCCCC=CCCCN(C(=O)C(F)(F)F)c1ccc(C(=O)O)cc1. The number of amides is 1. The Hall–Kier alpha value is -2.31. The summed E-state index contributed by atoms with van der Waals surface area (Å²) in [6.45, 7) is 2.11. The molecule has 0 saturated heterocycles. The lowest BCUT2D eigenvalue weighted by Crippen LogP contribution is -2.41. The van der Waals surface area contributed by atoms with Crippen molar-refractivity contribution in [1.82, 2.24) is 0 Å². The largest absolute Gasteiger partial charge is 0.478 e. The summed E-state index contributed by atoms with van der Waals surface area (Å²) in [7, 11) is 0. The van der Waals surface area contributed by atoms with Crippen LogP contribution < -0.4 is 4.90 Å². The van der Waals surface area contributed by atoms with E-state index < -0.39 is 18.1 Å². The molecule has 0 fully saturated rings. The second-order valence-electron chi connectivity index (χ2n) is 7.68. The van der Waals surface area contributed by atoms with E-state index in [2.05, 4.69) is 13.0 Å². The maximum absolute atomic E-state index is 13.0. The van der Waals surface area contributed by atoms with Gasteiger partial charge < -0.3 is 10.0 Å². The van der Waals surface area contributed by atoms with Crippen LogP contribution in [0.15, 0.2) is 36.4 Å². The Kier molecular flexibility index (Phi) is 12.6. The molecular formula is C24H34F3NO3. The van der Waals surface area contributed by atoms with Gasteiger partial charge in [0.25, 0.3) is 0 Å². The Labute approximate surface area is 183 Å². The number of alkyl halides is 3. The molecule has 1 aromatic rings. The number of anilines is 1. The van der Waals surface area contributed by atoms with Gasteiger partial charge in [0, 0.05) is 12.2 Å². The van der Waals surface area contributed by atoms with Gasteiger partial charge in [0.2, 0.25) is 0 Å². The number of rotatable bonds is 15. The summed E-state index contributed by atoms with van der Waals surface area (Å²) in [5.74, 6) is -3.12. The van der Waals surface area contributed by atoms with E-state index in [1.54, 1.807) is 0 Å². The second kappa shape index (κ2) is 14.7. The van der Waals surface area contributed by atoms with Crippen molar-refractivity contribution in [2.24, 2.45) is 0 Å². The first-order valence-corrected chi connectivity index (χ1v) is 11.1. The van der Waals surface area contributed by atoms with E-state index in [9.17, 15) is 22.8 Å².